The molecule has 0 aromatic heterocycles. The summed E-state index contributed by atoms with van der Waals surface area (Å²) in [5.74, 6) is -1.78. The quantitative estimate of drug-likeness (QED) is 0.0464. The molecule has 0 saturated carbocycles. The van der Waals surface area contributed by atoms with Crippen LogP contribution in [0.25, 0.3) is 11.1 Å². The summed E-state index contributed by atoms with van der Waals surface area (Å²) in [7, 11) is 1.48. The van der Waals surface area contributed by atoms with Crippen molar-refractivity contribution in [2.45, 2.75) is 91.0 Å². The first-order valence-electron chi connectivity index (χ1n) is 21.4. The monoisotopic (exact) mass is 871 g/mol. The number of rotatable bonds is 20. The molecular weight excluding hydrogens is 811 g/mol. The number of amides is 4. The zero-order valence-corrected chi connectivity index (χ0v) is 37.3. The molecule has 0 bridgehead atoms. The molecule has 5 rings (SSSR count). The Balaban J connectivity index is 1.41. The summed E-state index contributed by atoms with van der Waals surface area (Å²) in [4.78, 5) is 55.8. The molecule has 0 aliphatic heterocycles. The maximum Gasteiger partial charge on any atom is 0.408 e. The second-order valence-electron chi connectivity index (χ2n) is 17.2. The molecule has 0 aliphatic rings. The van der Waals surface area contributed by atoms with Crippen LogP contribution in [0.15, 0.2) is 133 Å². The van der Waals surface area contributed by atoms with E-state index in [1.807, 2.05) is 115 Å². The Kier molecular flexibility index (Phi) is 17.5. The van der Waals surface area contributed by atoms with Gasteiger partial charge in [0.15, 0.2) is 0 Å². The Hall–Kier alpha value is -6.70. The van der Waals surface area contributed by atoms with Crippen molar-refractivity contribution >= 4 is 23.8 Å². The molecule has 0 fully saturated rings. The molecule has 0 radical (unpaired) electrons. The smallest absolute Gasteiger partial charge is 0.408 e. The summed E-state index contributed by atoms with van der Waals surface area (Å²) in [6.45, 7) is 9.08. The topological polar surface area (TPSA) is 187 Å². The van der Waals surface area contributed by atoms with Gasteiger partial charge in [0.05, 0.1) is 19.3 Å². The van der Waals surface area contributed by atoms with Crippen LogP contribution in [-0.2, 0) is 45.2 Å². The third kappa shape index (κ3) is 14.2. The lowest BCUT2D eigenvalue weighted by Gasteiger charge is -2.35. The number of methoxy groups -OCH3 is 1. The predicted octanol–water partition coefficient (Wildman–Crippen LogP) is 6.41. The number of alkyl carbamates (subject to hydrolysis) is 1. The molecular formula is C51H61N5O8. The van der Waals surface area contributed by atoms with Gasteiger partial charge in [-0.05, 0) is 57.7 Å². The average Bonchev–Trinajstić information content (AvgIpc) is 3.29. The van der Waals surface area contributed by atoms with Crippen LogP contribution in [-0.4, -0.2) is 71.4 Å². The van der Waals surface area contributed by atoms with Crippen molar-refractivity contribution < 1.29 is 38.9 Å². The zero-order chi connectivity index (χ0) is 46.2. The molecule has 13 nitrogen and oxygen atoms in total. The highest BCUT2D eigenvalue weighted by Gasteiger charge is 2.39. The van der Waals surface area contributed by atoms with Crippen molar-refractivity contribution in [3.63, 3.8) is 0 Å². The lowest BCUT2D eigenvalue weighted by Crippen LogP contribution is -2.63. The molecule has 5 atom stereocenters. The number of carbonyl (C=O) groups excluding carboxylic acids is 4. The number of phenols is 1. The van der Waals surface area contributed by atoms with Gasteiger partial charge >= 0.3 is 6.09 Å². The Bertz CT molecular complexity index is 2270. The summed E-state index contributed by atoms with van der Waals surface area (Å²) in [6.07, 6.45) is -2.25. The van der Waals surface area contributed by atoms with Crippen LogP contribution in [0.1, 0.15) is 56.9 Å². The van der Waals surface area contributed by atoms with E-state index in [2.05, 4.69) is 26.6 Å². The molecule has 0 heterocycles. The molecule has 0 saturated heterocycles. The maximum absolute atomic E-state index is 14.6. The molecule has 5 aromatic rings. The van der Waals surface area contributed by atoms with E-state index in [-0.39, 0.29) is 31.9 Å². The van der Waals surface area contributed by atoms with Crippen molar-refractivity contribution in [2.75, 3.05) is 7.11 Å². The molecule has 4 amide bonds. The zero-order valence-electron chi connectivity index (χ0n) is 37.3. The summed E-state index contributed by atoms with van der Waals surface area (Å²) in [5.41, 5.74) is 4.05. The number of ether oxygens (including phenoxy) is 2. The number of aliphatic hydroxyl groups is 1. The van der Waals surface area contributed by atoms with E-state index in [9.17, 15) is 29.4 Å². The lowest BCUT2D eigenvalue weighted by atomic mass is 9.85. The highest BCUT2D eigenvalue weighted by molar-refractivity contribution is 5.91. The number of aromatic hydroxyl groups is 1. The van der Waals surface area contributed by atoms with Crippen molar-refractivity contribution in [2.24, 2.45) is 11.3 Å². The molecule has 0 aliphatic carbocycles. The Morgan fingerprint density at radius 2 is 1.23 bits per heavy atom. The molecule has 64 heavy (non-hydrogen) atoms. The van der Waals surface area contributed by atoms with E-state index >= 15 is 0 Å². The van der Waals surface area contributed by atoms with E-state index in [0.29, 0.717) is 11.3 Å². The van der Waals surface area contributed by atoms with Gasteiger partial charge in [0.1, 0.15) is 36.2 Å². The summed E-state index contributed by atoms with van der Waals surface area (Å²) in [6, 6.07) is 36.2. The van der Waals surface area contributed by atoms with Gasteiger partial charge in [0.2, 0.25) is 17.7 Å². The maximum atomic E-state index is 14.6. The number of carbonyl (C=O) groups is 4. The van der Waals surface area contributed by atoms with E-state index in [1.165, 1.54) is 13.2 Å². The SMILES string of the molecule is COc1ccc(CNC(=O)[C@@H](NC(=O)[C@H](NCc2ccc(-c3ccccc3)cc2)[C@H](O)[C@H](Cc2ccccc2)NC(=O)[C@@H](NC(=O)OCc2ccccc2)C(C)(C)C)C(C)C)c(O)c1. The fraction of sp³-hybridized carbons (Fsp3) is 0.333. The normalized spacial score (nSPS) is 13.7. The predicted molar refractivity (Wildman–Crippen MR) is 247 cm³/mol. The van der Waals surface area contributed by atoms with Crippen LogP contribution in [0.3, 0.4) is 0 Å². The number of benzene rings is 5. The first-order valence-corrected chi connectivity index (χ1v) is 21.4. The van der Waals surface area contributed by atoms with Crippen LogP contribution < -0.4 is 31.3 Å². The Morgan fingerprint density at radius 3 is 1.81 bits per heavy atom. The molecule has 13 heteroatoms. The fourth-order valence-corrected chi connectivity index (χ4v) is 7.11. The number of aliphatic hydroxyl groups excluding tert-OH is 1. The number of phenolic OH excluding ortho intramolecular Hbond substituents is 1. The van der Waals surface area contributed by atoms with Gasteiger partial charge in [-0.15, -0.1) is 0 Å². The first-order chi connectivity index (χ1) is 30.6. The van der Waals surface area contributed by atoms with Gasteiger partial charge in [0, 0.05) is 24.7 Å². The molecule has 7 N–H and O–H groups in total. The molecule has 0 spiro atoms. The summed E-state index contributed by atoms with van der Waals surface area (Å²) < 4.78 is 10.6. The fourth-order valence-electron chi connectivity index (χ4n) is 7.11. The van der Waals surface area contributed by atoms with Gasteiger partial charge in [-0.3, -0.25) is 19.7 Å². The van der Waals surface area contributed by atoms with Crippen LogP contribution >= 0.6 is 0 Å². The van der Waals surface area contributed by atoms with Crippen LogP contribution in [0, 0.1) is 11.3 Å². The Labute approximate surface area is 376 Å². The average molecular weight is 872 g/mol. The molecule has 0 unspecified atom stereocenters. The minimum atomic E-state index is -1.56. The standard InChI is InChI=1S/C51H61N5O8/c1-33(2)43(47(59)53-31-39-26-27-40(63-6)29-42(39)57)55-48(60)44(52-30-35-22-24-38(25-23-35)37-20-14-9-15-21-37)45(58)41(28-34-16-10-7-11-17-34)54-49(61)46(51(3,4)5)56-50(62)64-32-36-18-12-8-13-19-36/h7-27,29,33,41,43-46,52,57-58H,28,30-32H2,1-6H3,(H,53,59)(H,54,61)(H,55,60)(H,56,62)/t41-,43-,44+,45+,46+/m0/s1. The number of nitrogens with one attached hydrogen (secondary N) is 5. The summed E-state index contributed by atoms with van der Waals surface area (Å²) in [5, 5.41) is 37.5. The second-order valence-corrected chi connectivity index (χ2v) is 17.2. The van der Waals surface area contributed by atoms with Crippen molar-refractivity contribution in [1.29, 1.82) is 0 Å². The van der Waals surface area contributed by atoms with E-state index in [0.717, 1.165) is 27.8 Å². The minimum Gasteiger partial charge on any atom is -0.507 e. The Morgan fingerprint density at radius 1 is 0.641 bits per heavy atom. The van der Waals surface area contributed by atoms with Gasteiger partial charge in [-0.2, -0.15) is 0 Å². The van der Waals surface area contributed by atoms with Crippen LogP contribution in [0.5, 0.6) is 11.5 Å². The van der Waals surface area contributed by atoms with E-state index in [4.69, 9.17) is 9.47 Å². The van der Waals surface area contributed by atoms with Crippen molar-refractivity contribution in [1.82, 2.24) is 26.6 Å². The largest absolute Gasteiger partial charge is 0.507 e. The van der Waals surface area contributed by atoms with Crippen LogP contribution in [0.4, 0.5) is 4.79 Å². The van der Waals surface area contributed by atoms with E-state index < -0.39 is 65.4 Å². The van der Waals surface area contributed by atoms with Gasteiger partial charge in [-0.1, -0.05) is 150 Å². The van der Waals surface area contributed by atoms with Crippen molar-refractivity contribution in [3.8, 4) is 22.6 Å². The van der Waals surface area contributed by atoms with Gasteiger partial charge in [-0.25, -0.2) is 4.79 Å². The first kappa shape index (κ1) is 48.3. The van der Waals surface area contributed by atoms with Crippen LogP contribution in [0.2, 0.25) is 0 Å². The van der Waals surface area contributed by atoms with Gasteiger partial charge < -0.3 is 41.0 Å². The second kappa shape index (κ2) is 23.1. The lowest BCUT2D eigenvalue weighted by molar-refractivity contribution is -0.134. The van der Waals surface area contributed by atoms with Gasteiger partial charge in [0.25, 0.3) is 0 Å². The third-order valence-corrected chi connectivity index (χ3v) is 10.8. The highest BCUT2D eigenvalue weighted by atomic mass is 16.5. The third-order valence-electron chi connectivity index (χ3n) is 10.8. The highest BCUT2D eigenvalue weighted by Crippen LogP contribution is 2.24. The number of hydrogen-bond donors (Lipinski definition) is 7. The molecule has 338 valence electrons. The molecule has 5 aromatic carbocycles. The minimum absolute atomic E-state index is 0.00269. The number of hydrogen-bond acceptors (Lipinski definition) is 9. The van der Waals surface area contributed by atoms with Crippen molar-refractivity contribution in [3.05, 3.63) is 156 Å². The summed E-state index contributed by atoms with van der Waals surface area (Å²) >= 11 is 0. The van der Waals surface area contributed by atoms with E-state index in [1.54, 1.807) is 46.8 Å².